The van der Waals surface area contributed by atoms with Crippen molar-refractivity contribution >= 4 is 5.97 Å². The molecule has 1 aliphatic rings. The van der Waals surface area contributed by atoms with Gasteiger partial charge in [0.05, 0.1) is 7.11 Å². The van der Waals surface area contributed by atoms with E-state index >= 15 is 0 Å². The highest BCUT2D eigenvalue weighted by molar-refractivity contribution is 5.75. The lowest BCUT2D eigenvalue weighted by Gasteiger charge is -2.14. The fraction of sp³-hybridized carbons (Fsp3) is 0.462. The summed E-state index contributed by atoms with van der Waals surface area (Å²) in [6.45, 7) is 2.80. The van der Waals surface area contributed by atoms with E-state index < -0.39 is 0 Å². The summed E-state index contributed by atoms with van der Waals surface area (Å²) in [6.07, 6.45) is 0.692. The Hall–Kier alpha value is -1.75. The summed E-state index contributed by atoms with van der Waals surface area (Å²) >= 11 is 0. The van der Waals surface area contributed by atoms with E-state index in [4.69, 9.17) is 14.2 Å². The van der Waals surface area contributed by atoms with Crippen LogP contribution in [0.25, 0.3) is 0 Å². The Balaban J connectivity index is 1.95. The Kier molecular flexibility index (Phi) is 4.04. The zero-order chi connectivity index (χ0) is 13.0. The molecule has 0 saturated carbocycles. The first-order valence-corrected chi connectivity index (χ1v) is 5.94. The summed E-state index contributed by atoms with van der Waals surface area (Å²) in [5.41, 5.74) is 1.04. The molecule has 0 radical (unpaired) electrons. The smallest absolute Gasteiger partial charge is 0.322 e. The van der Waals surface area contributed by atoms with Crippen LogP contribution in [0.4, 0.5) is 0 Å². The second-order valence-corrected chi connectivity index (χ2v) is 4.05. The van der Waals surface area contributed by atoms with Gasteiger partial charge >= 0.3 is 5.97 Å². The number of rotatable bonds is 5. The highest BCUT2D eigenvalue weighted by Gasteiger charge is 2.17. The fourth-order valence-corrected chi connectivity index (χ4v) is 1.83. The molecule has 1 N–H and O–H groups in total. The number of carbonyl (C=O) groups is 1. The number of benzene rings is 1. The second kappa shape index (κ2) is 5.73. The SMILES string of the molecule is CCC(NCc1ccc2c(c1)OCO2)C(=O)OC. The van der Waals surface area contributed by atoms with Gasteiger partial charge in [-0.3, -0.25) is 4.79 Å². The predicted molar refractivity (Wildman–Crippen MR) is 65.5 cm³/mol. The van der Waals surface area contributed by atoms with Crippen molar-refractivity contribution in [3.05, 3.63) is 23.8 Å². The van der Waals surface area contributed by atoms with Crippen LogP contribution in [-0.4, -0.2) is 25.9 Å². The van der Waals surface area contributed by atoms with Crippen molar-refractivity contribution in [1.29, 1.82) is 0 Å². The standard InChI is InChI=1S/C13H17NO4/c1-3-10(13(15)16-2)14-7-9-4-5-11-12(6-9)18-8-17-11/h4-6,10,14H,3,7-8H2,1-2H3. The molecule has 98 valence electrons. The fourth-order valence-electron chi connectivity index (χ4n) is 1.83. The highest BCUT2D eigenvalue weighted by Crippen LogP contribution is 2.32. The molecule has 0 spiro atoms. The van der Waals surface area contributed by atoms with Crippen LogP contribution in [0.2, 0.25) is 0 Å². The van der Waals surface area contributed by atoms with Crippen LogP contribution in [0.3, 0.4) is 0 Å². The number of carbonyl (C=O) groups excluding carboxylic acids is 1. The first kappa shape index (κ1) is 12.7. The van der Waals surface area contributed by atoms with E-state index in [0.29, 0.717) is 13.0 Å². The average Bonchev–Trinajstić information content (AvgIpc) is 2.86. The molecule has 0 fully saturated rings. The molecule has 1 aliphatic heterocycles. The van der Waals surface area contributed by atoms with Crippen LogP contribution >= 0.6 is 0 Å². The molecular formula is C13H17NO4. The van der Waals surface area contributed by atoms with Gasteiger partial charge in [0.2, 0.25) is 6.79 Å². The van der Waals surface area contributed by atoms with Crippen molar-refractivity contribution in [3.8, 4) is 11.5 Å². The maximum atomic E-state index is 11.4. The predicted octanol–water partition coefficient (Wildman–Crippen LogP) is 1.46. The number of esters is 1. The minimum absolute atomic E-state index is 0.238. The van der Waals surface area contributed by atoms with Gasteiger partial charge in [-0.05, 0) is 24.1 Å². The van der Waals surface area contributed by atoms with Crippen molar-refractivity contribution < 1.29 is 19.0 Å². The van der Waals surface area contributed by atoms with Crippen LogP contribution in [-0.2, 0) is 16.1 Å². The lowest BCUT2D eigenvalue weighted by molar-refractivity contribution is -0.143. The Morgan fingerprint density at radius 1 is 1.44 bits per heavy atom. The maximum Gasteiger partial charge on any atom is 0.322 e. The maximum absolute atomic E-state index is 11.4. The summed E-state index contributed by atoms with van der Waals surface area (Å²) in [5.74, 6) is 1.28. The number of hydrogen-bond acceptors (Lipinski definition) is 5. The molecule has 2 rings (SSSR count). The summed E-state index contributed by atoms with van der Waals surface area (Å²) < 4.78 is 15.3. The topological polar surface area (TPSA) is 56.8 Å². The van der Waals surface area contributed by atoms with Crippen molar-refractivity contribution in [2.75, 3.05) is 13.9 Å². The number of nitrogens with one attached hydrogen (secondary N) is 1. The summed E-state index contributed by atoms with van der Waals surface area (Å²) in [6, 6.07) is 5.46. The third-order valence-corrected chi connectivity index (χ3v) is 2.88. The van der Waals surface area contributed by atoms with E-state index in [1.807, 2.05) is 25.1 Å². The van der Waals surface area contributed by atoms with Crippen molar-refractivity contribution in [2.45, 2.75) is 25.9 Å². The number of hydrogen-bond donors (Lipinski definition) is 1. The van der Waals surface area contributed by atoms with Gasteiger partial charge in [-0.1, -0.05) is 13.0 Å². The van der Waals surface area contributed by atoms with Crippen molar-refractivity contribution in [3.63, 3.8) is 0 Å². The Labute approximate surface area is 106 Å². The molecule has 5 heteroatoms. The first-order chi connectivity index (χ1) is 8.74. The third-order valence-electron chi connectivity index (χ3n) is 2.88. The van der Waals surface area contributed by atoms with E-state index in [1.165, 1.54) is 7.11 Å². The summed E-state index contributed by atoms with van der Waals surface area (Å²) in [4.78, 5) is 11.4. The molecule has 18 heavy (non-hydrogen) atoms. The summed E-state index contributed by atoms with van der Waals surface area (Å²) in [5, 5.41) is 3.16. The van der Waals surface area contributed by atoms with E-state index in [2.05, 4.69) is 5.32 Å². The lowest BCUT2D eigenvalue weighted by Crippen LogP contribution is -2.36. The van der Waals surface area contributed by atoms with Gasteiger partial charge in [0, 0.05) is 6.54 Å². The zero-order valence-corrected chi connectivity index (χ0v) is 10.6. The number of methoxy groups -OCH3 is 1. The zero-order valence-electron chi connectivity index (χ0n) is 10.6. The Morgan fingerprint density at radius 2 is 2.22 bits per heavy atom. The van der Waals surface area contributed by atoms with Crippen molar-refractivity contribution in [2.24, 2.45) is 0 Å². The molecule has 1 aromatic rings. The Bertz CT molecular complexity index is 433. The molecule has 0 bridgehead atoms. The molecule has 0 aromatic heterocycles. The molecule has 0 amide bonds. The van der Waals surface area contributed by atoms with E-state index in [9.17, 15) is 4.79 Å². The normalized spacial score (nSPS) is 14.3. The second-order valence-electron chi connectivity index (χ2n) is 4.05. The van der Waals surface area contributed by atoms with Gasteiger partial charge in [-0.25, -0.2) is 0 Å². The van der Waals surface area contributed by atoms with Gasteiger partial charge < -0.3 is 19.5 Å². The molecule has 1 unspecified atom stereocenters. The first-order valence-electron chi connectivity index (χ1n) is 5.94. The average molecular weight is 251 g/mol. The molecule has 0 aliphatic carbocycles. The van der Waals surface area contributed by atoms with Crippen LogP contribution in [0.15, 0.2) is 18.2 Å². The minimum atomic E-state index is -0.277. The van der Waals surface area contributed by atoms with Gasteiger partial charge in [0.1, 0.15) is 6.04 Å². The number of fused-ring (bicyclic) bond motifs is 1. The molecule has 1 heterocycles. The minimum Gasteiger partial charge on any atom is -0.468 e. The quantitative estimate of drug-likeness (QED) is 0.803. The van der Waals surface area contributed by atoms with Crippen LogP contribution < -0.4 is 14.8 Å². The van der Waals surface area contributed by atoms with Crippen molar-refractivity contribution in [1.82, 2.24) is 5.32 Å². The van der Waals surface area contributed by atoms with Gasteiger partial charge in [-0.15, -0.1) is 0 Å². The van der Waals surface area contributed by atoms with Gasteiger partial charge in [-0.2, -0.15) is 0 Å². The van der Waals surface area contributed by atoms with E-state index in [1.54, 1.807) is 0 Å². The largest absolute Gasteiger partial charge is 0.468 e. The number of ether oxygens (including phenoxy) is 3. The molecule has 0 saturated heterocycles. The summed E-state index contributed by atoms with van der Waals surface area (Å²) in [7, 11) is 1.40. The molecule has 1 atom stereocenters. The van der Waals surface area contributed by atoms with Crippen LogP contribution in [0.5, 0.6) is 11.5 Å². The van der Waals surface area contributed by atoms with E-state index in [0.717, 1.165) is 17.1 Å². The molecule has 5 nitrogen and oxygen atoms in total. The Morgan fingerprint density at radius 3 is 2.94 bits per heavy atom. The highest BCUT2D eigenvalue weighted by atomic mass is 16.7. The van der Waals surface area contributed by atoms with Gasteiger partial charge in [0.25, 0.3) is 0 Å². The molecule has 1 aromatic carbocycles. The monoisotopic (exact) mass is 251 g/mol. The van der Waals surface area contributed by atoms with E-state index in [-0.39, 0.29) is 18.8 Å². The lowest BCUT2D eigenvalue weighted by atomic mass is 10.1. The molecular weight excluding hydrogens is 234 g/mol. The van der Waals surface area contributed by atoms with Gasteiger partial charge in [0.15, 0.2) is 11.5 Å². The third kappa shape index (κ3) is 2.73. The van der Waals surface area contributed by atoms with Crippen LogP contribution in [0.1, 0.15) is 18.9 Å². The van der Waals surface area contributed by atoms with Crippen LogP contribution in [0, 0.1) is 0 Å².